The van der Waals surface area contributed by atoms with Crippen LogP contribution in [0.15, 0.2) is 24.3 Å². The predicted molar refractivity (Wildman–Crippen MR) is 147 cm³/mol. The molecular formula is C30H53NO4. The van der Waals surface area contributed by atoms with Crippen LogP contribution in [0.4, 0.5) is 0 Å². The van der Waals surface area contributed by atoms with E-state index in [-0.39, 0.29) is 0 Å². The molecule has 0 unspecified atom stereocenters. The summed E-state index contributed by atoms with van der Waals surface area (Å²) in [5, 5.41) is 0. The standard InChI is InChI=1S/C24H38O4.C6H15N/c1-3-5-7-9-11-15-19-27-23(25)21-17-13-14-18-22(21)24(26)28-20-16-12-10-8-6-4-2;1-4-7(5-2)6-3/h13-14,17-18H,3-12,15-16,19-20H2,1-2H3;4-6H2,1-3H3. The molecule has 202 valence electrons. The van der Waals surface area contributed by atoms with Crippen LogP contribution >= 0.6 is 0 Å². The number of esters is 2. The van der Waals surface area contributed by atoms with Crippen molar-refractivity contribution >= 4 is 11.9 Å². The van der Waals surface area contributed by atoms with E-state index in [0.29, 0.717) is 24.3 Å². The molecule has 0 aliphatic heterocycles. The van der Waals surface area contributed by atoms with E-state index in [1.165, 1.54) is 71.0 Å². The molecule has 1 rings (SSSR count). The first-order valence-corrected chi connectivity index (χ1v) is 14.2. The monoisotopic (exact) mass is 491 g/mol. The van der Waals surface area contributed by atoms with Gasteiger partial charge in [0.25, 0.3) is 0 Å². The van der Waals surface area contributed by atoms with E-state index in [1.54, 1.807) is 24.3 Å². The Hall–Kier alpha value is -1.88. The van der Waals surface area contributed by atoms with Gasteiger partial charge in [-0.3, -0.25) is 0 Å². The number of hydrogen-bond donors (Lipinski definition) is 0. The summed E-state index contributed by atoms with van der Waals surface area (Å²) in [7, 11) is 0. The van der Waals surface area contributed by atoms with Crippen molar-refractivity contribution in [3.05, 3.63) is 35.4 Å². The molecule has 1 aromatic rings. The van der Waals surface area contributed by atoms with Crippen molar-refractivity contribution in [1.82, 2.24) is 4.90 Å². The molecule has 0 aliphatic carbocycles. The van der Waals surface area contributed by atoms with Crippen molar-refractivity contribution in [3.63, 3.8) is 0 Å². The van der Waals surface area contributed by atoms with Crippen LogP contribution in [0.1, 0.15) is 132 Å². The lowest BCUT2D eigenvalue weighted by Gasteiger charge is -2.13. The average Bonchev–Trinajstić information content (AvgIpc) is 2.88. The van der Waals surface area contributed by atoms with Crippen LogP contribution in [0, 0.1) is 0 Å². The lowest BCUT2D eigenvalue weighted by atomic mass is 10.1. The molecule has 0 saturated carbocycles. The SMILES string of the molecule is CCCCCCCCOC(=O)c1ccccc1C(=O)OCCCCCCCC.CCN(CC)CC. The van der Waals surface area contributed by atoms with E-state index in [1.807, 2.05) is 0 Å². The Morgan fingerprint density at radius 1 is 0.571 bits per heavy atom. The summed E-state index contributed by atoms with van der Waals surface area (Å²) in [6.45, 7) is 15.3. The molecule has 0 amide bonds. The van der Waals surface area contributed by atoms with E-state index in [4.69, 9.17) is 9.47 Å². The fourth-order valence-electron chi connectivity index (χ4n) is 3.76. The van der Waals surface area contributed by atoms with Gasteiger partial charge in [-0.05, 0) is 44.6 Å². The highest BCUT2D eigenvalue weighted by atomic mass is 16.5. The molecule has 0 aromatic heterocycles. The molecule has 0 spiro atoms. The molecule has 0 heterocycles. The molecule has 0 fully saturated rings. The molecule has 0 aliphatic rings. The molecule has 0 radical (unpaired) electrons. The number of rotatable bonds is 19. The minimum Gasteiger partial charge on any atom is -0.462 e. The number of benzene rings is 1. The second-order valence-corrected chi connectivity index (χ2v) is 8.97. The van der Waals surface area contributed by atoms with Crippen LogP contribution in [0.5, 0.6) is 0 Å². The van der Waals surface area contributed by atoms with Gasteiger partial charge in [0.15, 0.2) is 0 Å². The molecule has 35 heavy (non-hydrogen) atoms. The Balaban J connectivity index is 0.00000143. The molecular weight excluding hydrogens is 438 g/mol. The van der Waals surface area contributed by atoms with Crippen LogP contribution in [0.3, 0.4) is 0 Å². The Morgan fingerprint density at radius 2 is 0.914 bits per heavy atom. The zero-order valence-electron chi connectivity index (χ0n) is 23.4. The van der Waals surface area contributed by atoms with Gasteiger partial charge in [-0.1, -0.05) is 111 Å². The molecule has 0 atom stereocenters. The van der Waals surface area contributed by atoms with Gasteiger partial charge in [0.1, 0.15) is 0 Å². The van der Waals surface area contributed by atoms with Crippen molar-refractivity contribution in [3.8, 4) is 0 Å². The summed E-state index contributed by atoms with van der Waals surface area (Å²) in [6.07, 6.45) is 13.6. The van der Waals surface area contributed by atoms with E-state index < -0.39 is 11.9 Å². The maximum absolute atomic E-state index is 12.4. The maximum atomic E-state index is 12.4. The Kier molecular flexibility index (Phi) is 22.6. The van der Waals surface area contributed by atoms with E-state index in [2.05, 4.69) is 39.5 Å². The molecule has 0 saturated heterocycles. The van der Waals surface area contributed by atoms with Gasteiger partial charge in [-0.25, -0.2) is 9.59 Å². The van der Waals surface area contributed by atoms with Crippen LogP contribution < -0.4 is 0 Å². The zero-order chi connectivity index (χ0) is 26.2. The first-order valence-electron chi connectivity index (χ1n) is 14.2. The minimum atomic E-state index is -0.444. The van der Waals surface area contributed by atoms with Crippen molar-refractivity contribution in [2.24, 2.45) is 0 Å². The predicted octanol–water partition coefficient (Wildman–Crippen LogP) is 8.07. The van der Waals surface area contributed by atoms with E-state index in [0.717, 1.165) is 25.7 Å². The second-order valence-electron chi connectivity index (χ2n) is 8.97. The summed E-state index contributed by atoms with van der Waals surface area (Å²) in [4.78, 5) is 27.1. The number of carbonyl (C=O) groups is 2. The number of unbranched alkanes of at least 4 members (excludes halogenated alkanes) is 10. The van der Waals surface area contributed by atoms with Gasteiger partial charge in [0, 0.05) is 0 Å². The smallest absolute Gasteiger partial charge is 0.339 e. The van der Waals surface area contributed by atoms with Gasteiger partial charge in [0.05, 0.1) is 24.3 Å². The van der Waals surface area contributed by atoms with Crippen LogP contribution in [0.2, 0.25) is 0 Å². The molecule has 0 bridgehead atoms. The fourth-order valence-corrected chi connectivity index (χ4v) is 3.76. The number of hydrogen-bond acceptors (Lipinski definition) is 5. The fraction of sp³-hybridized carbons (Fsp3) is 0.733. The first kappa shape index (κ1) is 33.1. The summed E-state index contributed by atoms with van der Waals surface area (Å²) in [5.41, 5.74) is 0.586. The topological polar surface area (TPSA) is 55.8 Å². The lowest BCUT2D eigenvalue weighted by molar-refractivity contribution is 0.0450. The summed E-state index contributed by atoms with van der Waals surface area (Å²) in [5.74, 6) is -0.888. The maximum Gasteiger partial charge on any atom is 0.339 e. The number of nitrogens with zero attached hydrogens (tertiary/aromatic N) is 1. The van der Waals surface area contributed by atoms with Crippen molar-refractivity contribution in [1.29, 1.82) is 0 Å². The second kappa shape index (κ2) is 23.8. The third kappa shape index (κ3) is 17.2. The van der Waals surface area contributed by atoms with Gasteiger partial charge in [-0.15, -0.1) is 0 Å². The normalized spacial score (nSPS) is 10.6. The first-order chi connectivity index (χ1) is 17.0. The Labute approximate surface area is 216 Å². The summed E-state index contributed by atoms with van der Waals surface area (Å²) < 4.78 is 10.7. The highest BCUT2D eigenvalue weighted by Gasteiger charge is 2.18. The van der Waals surface area contributed by atoms with Crippen LogP contribution in [-0.4, -0.2) is 49.7 Å². The Bertz CT molecular complexity index is 588. The molecule has 5 nitrogen and oxygen atoms in total. The number of ether oxygens (including phenoxy) is 2. The van der Waals surface area contributed by atoms with Gasteiger partial charge < -0.3 is 14.4 Å². The third-order valence-corrected chi connectivity index (χ3v) is 6.17. The highest BCUT2D eigenvalue weighted by Crippen LogP contribution is 2.14. The molecule has 1 aromatic carbocycles. The quantitative estimate of drug-likeness (QED) is 0.145. The summed E-state index contributed by atoms with van der Waals surface area (Å²) >= 11 is 0. The average molecular weight is 492 g/mol. The largest absolute Gasteiger partial charge is 0.462 e. The van der Waals surface area contributed by atoms with Crippen LogP contribution in [0.25, 0.3) is 0 Å². The minimum absolute atomic E-state index is 0.293. The van der Waals surface area contributed by atoms with E-state index in [9.17, 15) is 9.59 Å². The van der Waals surface area contributed by atoms with Gasteiger partial charge >= 0.3 is 11.9 Å². The third-order valence-electron chi connectivity index (χ3n) is 6.17. The molecule has 0 N–H and O–H groups in total. The summed E-state index contributed by atoms with van der Waals surface area (Å²) in [6, 6.07) is 6.74. The van der Waals surface area contributed by atoms with E-state index >= 15 is 0 Å². The lowest BCUT2D eigenvalue weighted by Crippen LogP contribution is -2.21. The van der Waals surface area contributed by atoms with Crippen molar-refractivity contribution in [2.75, 3.05) is 32.8 Å². The van der Waals surface area contributed by atoms with Crippen molar-refractivity contribution < 1.29 is 19.1 Å². The highest BCUT2D eigenvalue weighted by molar-refractivity contribution is 6.03. The zero-order valence-corrected chi connectivity index (χ0v) is 23.4. The van der Waals surface area contributed by atoms with Gasteiger partial charge in [-0.2, -0.15) is 0 Å². The van der Waals surface area contributed by atoms with Gasteiger partial charge in [0.2, 0.25) is 0 Å². The van der Waals surface area contributed by atoms with Crippen molar-refractivity contribution in [2.45, 2.75) is 112 Å². The Morgan fingerprint density at radius 3 is 1.23 bits per heavy atom. The molecule has 5 heteroatoms. The number of carbonyl (C=O) groups excluding carboxylic acids is 2. The van der Waals surface area contributed by atoms with Crippen LogP contribution in [-0.2, 0) is 9.47 Å².